The number of nitrogens with zero attached hydrogens (tertiary/aromatic N) is 1. The maximum atomic E-state index is 13.3. The van der Waals surface area contributed by atoms with Gasteiger partial charge in [-0.05, 0) is 85.0 Å². The van der Waals surface area contributed by atoms with Crippen LogP contribution in [0.4, 0.5) is 0 Å². The maximum Gasteiger partial charge on any atom is 0.339 e. The minimum absolute atomic E-state index is 0.285. The van der Waals surface area contributed by atoms with Crippen molar-refractivity contribution in [3.8, 4) is 23.0 Å². The average molecular weight is 730 g/mol. The molecule has 0 saturated carbocycles. The van der Waals surface area contributed by atoms with Gasteiger partial charge >= 0.3 is 5.97 Å². The standard InChI is InChI=1S/C47H55NO6/c1-7-21-51-43-32-15-12-16-33(43)26-35-18-14-20-37(45(35)53-23-9-3)28-41-40-30-39(47(49)50-11-5)31(6)48-42(40)29-38(46(41)54-24-10-4)27-36-19-13-17-34(25-32)44(36)52-22-8-2/h12-20,29-30H,7-11,21-28H2,1-6H3. The summed E-state index contributed by atoms with van der Waals surface area (Å²) >= 11 is 0. The van der Waals surface area contributed by atoms with Gasteiger partial charge in [0.2, 0.25) is 0 Å². The van der Waals surface area contributed by atoms with Gasteiger partial charge in [-0.2, -0.15) is 0 Å². The van der Waals surface area contributed by atoms with Crippen LogP contribution in [0, 0.1) is 6.92 Å². The van der Waals surface area contributed by atoms with E-state index < -0.39 is 0 Å². The van der Waals surface area contributed by atoms with Gasteiger partial charge in [0, 0.05) is 42.2 Å². The van der Waals surface area contributed by atoms with Crippen molar-refractivity contribution in [3.63, 3.8) is 0 Å². The molecule has 5 aromatic rings. The van der Waals surface area contributed by atoms with E-state index in [0.29, 0.717) is 63.4 Å². The Hall–Kier alpha value is -5.04. The second-order valence-corrected chi connectivity index (χ2v) is 14.1. The number of aryl methyl sites for hydroxylation is 1. The molecule has 7 nitrogen and oxygen atoms in total. The van der Waals surface area contributed by atoms with E-state index >= 15 is 0 Å². The monoisotopic (exact) mass is 729 g/mol. The average Bonchev–Trinajstić information content (AvgIpc) is 3.16. The Kier molecular flexibility index (Phi) is 13.1. The smallest absolute Gasteiger partial charge is 0.339 e. The Morgan fingerprint density at radius 1 is 0.556 bits per heavy atom. The highest BCUT2D eigenvalue weighted by molar-refractivity contribution is 5.97. The number of rotatable bonds is 14. The van der Waals surface area contributed by atoms with Crippen LogP contribution < -0.4 is 18.9 Å². The first kappa shape index (κ1) is 38.7. The molecule has 0 radical (unpaired) electrons. The van der Waals surface area contributed by atoms with E-state index in [1.54, 1.807) is 0 Å². The van der Waals surface area contributed by atoms with Crippen LogP contribution in [0.2, 0.25) is 0 Å². The molecule has 6 rings (SSSR count). The van der Waals surface area contributed by atoms with Gasteiger partial charge in [-0.1, -0.05) is 82.3 Å². The van der Waals surface area contributed by atoms with Crippen molar-refractivity contribution < 1.29 is 28.5 Å². The second-order valence-electron chi connectivity index (χ2n) is 14.1. The van der Waals surface area contributed by atoms with Crippen molar-refractivity contribution in [3.05, 3.63) is 122 Å². The van der Waals surface area contributed by atoms with Crippen LogP contribution in [0.5, 0.6) is 23.0 Å². The maximum absolute atomic E-state index is 13.3. The number of carbonyl (C=O) groups excluding carboxylic acids is 1. The van der Waals surface area contributed by atoms with Crippen molar-refractivity contribution in [2.24, 2.45) is 0 Å². The van der Waals surface area contributed by atoms with E-state index in [0.717, 1.165) is 104 Å². The molecule has 8 bridgehead atoms. The molecule has 0 fully saturated rings. The topological polar surface area (TPSA) is 76.1 Å². The fourth-order valence-corrected chi connectivity index (χ4v) is 7.35. The fraction of sp³-hybridized carbons (Fsp3) is 0.404. The number of pyridine rings is 1. The first-order chi connectivity index (χ1) is 26.4. The lowest BCUT2D eigenvalue weighted by atomic mass is 9.89. The molecule has 1 aromatic heterocycles. The second kappa shape index (κ2) is 18.3. The number of esters is 1. The number of hydrogen-bond acceptors (Lipinski definition) is 7. The highest BCUT2D eigenvalue weighted by atomic mass is 16.5. The summed E-state index contributed by atoms with van der Waals surface area (Å²) in [5, 5.41) is 0.866. The first-order valence-corrected chi connectivity index (χ1v) is 19.9. The van der Waals surface area contributed by atoms with Crippen LogP contribution in [0.3, 0.4) is 0 Å². The summed E-state index contributed by atoms with van der Waals surface area (Å²) in [6.07, 6.45) is 5.93. The summed E-state index contributed by atoms with van der Waals surface area (Å²) in [4.78, 5) is 18.3. The molecule has 0 N–H and O–H groups in total. The SMILES string of the molecule is CCCOc1c2cccc1Cc1cccc(c1OCCC)Cc1c(OCCC)c(cc3nc(C)c(C(=O)OCC)cc13)Cc1cccc(c1OCCC)C2. The molecule has 0 spiro atoms. The van der Waals surface area contributed by atoms with Gasteiger partial charge in [0.05, 0.1) is 49.8 Å². The van der Waals surface area contributed by atoms with Crippen molar-refractivity contribution in [1.29, 1.82) is 0 Å². The predicted molar refractivity (Wildman–Crippen MR) is 216 cm³/mol. The zero-order valence-corrected chi connectivity index (χ0v) is 32.9. The fourth-order valence-electron chi connectivity index (χ4n) is 7.35. The number of benzene rings is 4. The van der Waals surface area contributed by atoms with Crippen molar-refractivity contribution in [1.82, 2.24) is 4.98 Å². The van der Waals surface area contributed by atoms with Crippen LogP contribution in [0.25, 0.3) is 10.9 Å². The van der Waals surface area contributed by atoms with Gasteiger partial charge in [0.15, 0.2) is 0 Å². The number of hydrogen-bond donors (Lipinski definition) is 0. The first-order valence-electron chi connectivity index (χ1n) is 19.9. The summed E-state index contributed by atoms with van der Waals surface area (Å²) in [6.45, 7) is 14.9. The molecule has 0 aliphatic heterocycles. The third-order valence-electron chi connectivity index (χ3n) is 9.79. The van der Waals surface area contributed by atoms with E-state index in [4.69, 9.17) is 28.7 Å². The van der Waals surface area contributed by atoms with Gasteiger partial charge in [-0.3, -0.25) is 4.98 Å². The Bertz CT molecular complexity index is 2090. The molecule has 0 unspecified atom stereocenters. The molecular formula is C47H55NO6. The molecule has 4 aromatic carbocycles. The van der Waals surface area contributed by atoms with Gasteiger partial charge in [-0.25, -0.2) is 4.79 Å². The summed E-state index contributed by atoms with van der Waals surface area (Å²) in [6, 6.07) is 23.5. The quantitative estimate of drug-likeness (QED) is 0.103. The number of aromatic nitrogens is 1. The number of ether oxygens (including phenoxy) is 5. The lowest BCUT2D eigenvalue weighted by Gasteiger charge is -2.23. The van der Waals surface area contributed by atoms with E-state index in [1.807, 2.05) is 19.9 Å². The van der Waals surface area contributed by atoms with E-state index in [2.05, 4.69) is 88.4 Å². The molecule has 1 heterocycles. The summed E-state index contributed by atoms with van der Waals surface area (Å²) in [5.41, 5.74) is 10.5. The largest absolute Gasteiger partial charge is 0.493 e. The highest BCUT2D eigenvalue weighted by Crippen LogP contribution is 2.41. The van der Waals surface area contributed by atoms with Gasteiger partial charge < -0.3 is 23.7 Å². The summed E-state index contributed by atoms with van der Waals surface area (Å²) in [5.74, 6) is 3.16. The molecule has 0 saturated heterocycles. The van der Waals surface area contributed by atoms with Gasteiger partial charge in [-0.15, -0.1) is 0 Å². The van der Waals surface area contributed by atoms with Crippen LogP contribution in [0.15, 0.2) is 66.7 Å². The molecular weight excluding hydrogens is 675 g/mol. The predicted octanol–water partition coefficient (Wildman–Crippen LogP) is 10.6. The minimum Gasteiger partial charge on any atom is -0.493 e. The molecule has 0 amide bonds. The molecule has 54 heavy (non-hydrogen) atoms. The number of para-hydroxylation sites is 3. The molecule has 284 valence electrons. The third-order valence-corrected chi connectivity index (χ3v) is 9.79. The zero-order chi connectivity index (χ0) is 38.0. The molecule has 7 heteroatoms. The minimum atomic E-state index is -0.378. The van der Waals surface area contributed by atoms with Crippen LogP contribution in [-0.2, 0) is 30.4 Å². The van der Waals surface area contributed by atoms with Crippen molar-refractivity contribution in [2.45, 2.75) is 92.9 Å². The Morgan fingerprint density at radius 2 is 0.963 bits per heavy atom. The molecule has 1 aliphatic carbocycles. The van der Waals surface area contributed by atoms with Crippen molar-refractivity contribution >= 4 is 16.9 Å². The number of carbonyl (C=O) groups is 1. The molecule has 1 aliphatic rings. The third kappa shape index (κ3) is 8.51. The van der Waals surface area contributed by atoms with E-state index in [9.17, 15) is 4.79 Å². The highest BCUT2D eigenvalue weighted by Gasteiger charge is 2.25. The Balaban J connectivity index is 1.68. The zero-order valence-electron chi connectivity index (χ0n) is 32.9. The van der Waals surface area contributed by atoms with E-state index in [-0.39, 0.29) is 12.6 Å². The lowest BCUT2D eigenvalue weighted by Crippen LogP contribution is -2.12. The van der Waals surface area contributed by atoms with Crippen molar-refractivity contribution in [2.75, 3.05) is 33.0 Å². The van der Waals surface area contributed by atoms with Crippen LogP contribution >= 0.6 is 0 Å². The Labute approximate surface area is 321 Å². The van der Waals surface area contributed by atoms with Gasteiger partial charge in [0.25, 0.3) is 0 Å². The van der Waals surface area contributed by atoms with Crippen LogP contribution in [-0.4, -0.2) is 44.0 Å². The number of fused-ring (bicyclic) bond motifs is 10. The Morgan fingerprint density at radius 3 is 1.39 bits per heavy atom. The van der Waals surface area contributed by atoms with Gasteiger partial charge in [0.1, 0.15) is 23.0 Å². The van der Waals surface area contributed by atoms with Crippen LogP contribution in [0.1, 0.15) is 121 Å². The lowest BCUT2D eigenvalue weighted by molar-refractivity contribution is 0.0525. The normalized spacial score (nSPS) is 12.3. The molecule has 0 atom stereocenters. The van der Waals surface area contributed by atoms with E-state index in [1.165, 1.54) is 0 Å². The summed E-state index contributed by atoms with van der Waals surface area (Å²) < 4.78 is 32.2. The summed E-state index contributed by atoms with van der Waals surface area (Å²) in [7, 11) is 0.